The number of ether oxygens (including phenoxy) is 1. The Bertz CT molecular complexity index is 372. The molecule has 2 rings (SSSR count). The number of para-hydroxylation sites is 1. The van der Waals surface area contributed by atoms with Crippen LogP contribution in [0.2, 0.25) is 0 Å². The van der Waals surface area contributed by atoms with Crippen molar-refractivity contribution in [3.63, 3.8) is 0 Å². The van der Waals surface area contributed by atoms with Gasteiger partial charge in [0.2, 0.25) is 0 Å². The van der Waals surface area contributed by atoms with Gasteiger partial charge in [0.15, 0.2) is 11.6 Å². The first-order chi connectivity index (χ1) is 8.18. The fourth-order valence-electron chi connectivity index (χ4n) is 2.34. The molecule has 0 saturated carbocycles. The second kappa shape index (κ2) is 5.50. The van der Waals surface area contributed by atoms with E-state index >= 15 is 0 Å². The van der Waals surface area contributed by atoms with E-state index in [9.17, 15) is 4.39 Å². The Morgan fingerprint density at radius 2 is 2.00 bits per heavy atom. The van der Waals surface area contributed by atoms with Crippen molar-refractivity contribution < 1.29 is 9.13 Å². The molecule has 2 nitrogen and oxygen atoms in total. The predicted octanol–water partition coefficient (Wildman–Crippen LogP) is 3.08. The second-order valence-corrected chi connectivity index (χ2v) is 4.85. The van der Waals surface area contributed by atoms with E-state index in [1.54, 1.807) is 6.07 Å². The summed E-state index contributed by atoms with van der Waals surface area (Å²) in [5.74, 6) is 0.629. The summed E-state index contributed by atoms with van der Waals surface area (Å²) in [6.07, 6.45) is 2.11. The minimum Gasteiger partial charge on any atom is -0.488 e. The van der Waals surface area contributed by atoms with Gasteiger partial charge in [-0.25, -0.2) is 4.39 Å². The van der Waals surface area contributed by atoms with Crippen LogP contribution in [0, 0.1) is 5.82 Å². The zero-order chi connectivity index (χ0) is 12.3. The number of halogens is 1. The molecule has 0 aliphatic carbocycles. The van der Waals surface area contributed by atoms with E-state index in [0.29, 0.717) is 11.7 Å². The van der Waals surface area contributed by atoms with E-state index in [1.165, 1.54) is 6.07 Å². The van der Waals surface area contributed by atoms with Crippen molar-refractivity contribution in [1.82, 2.24) is 5.32 Å². The largest absolute Gasteiger partial charge is 0.488 e. The molecular formula is C14H20FNO. The standard InChI is InChI=1S/C14H20FNO/c1-10(2)17-14-12(4-3-5-13(14)15)11-6-8-16-9-7-11/h3-5,10-11,16H,6-9H2,1-2H3. The van der Waals surface area contributed by atoms with E-state index in [0.717, 1.165) is 31.5 Å². The van der Waals surface area contributed by atoms with Crippen LogP contribution >= 0.6 is 0 Å². The third kappa shape index (κ3) is 2.97. The van der Waals surface area contributed by atoms with Gasteiger partial charge in [-0.2, -0.15) is 0 Å². The van der Waals surface area contributed by atoms with Gasteiger partial charge in [0, 0.05) is 5.56 Å². The lowest BCUT2D eigenvalue weighted by molar-refractivity contribution is 0.226. The van der Waals surface area contributed by atoms with Gasteiger partial charge in [-0.15, -0.1) is 0 Å². The minimum absolute atomic E-state index is 0.00682. The zero-order valence-corrected chi connectivity index (χ0v) is 10.5. The maximum atomic E-state index is 13.8. The molecule has 17 heavy (non-hydrogen) atoms. The van der Waals surface area contributed by atoms with E-state index in [1.807, 2.05) is 19.9 Å². The highest BCUT2D eigenvalue weighted by Crippen LogP contribution is 2.34. The molecule has 1 fully saturated rings. The third-order valence-corrected chi connectivity index (χ3v) is 3.13. The summed E-state index contributed by atoms with van der Waals surface area (Å²) in [5, 5.41) is 3.32. The van der Waals surface area contributed by atoms with Gasteiger partial charge in [-0.1, -0.05) is 12.1 Å². The molecule has 0 atom stereocenters. The summed E-state index contributed by atoms with van der Waals surface area (Å²) in [4.78, 5) is 0. The molecule has 3 heteroatoms. The number of rotatable bonds is 3. The van der Waals surface area contributed by atoms with E-state index < -0.39 is 0 Å². The molecule has 0 aromatic heterocycles. The van der Waals surface area contributed by atoms with Crippen molar-refractivity contribution in [3.05, 3.63) is 29.6 Å². The van der Waals surface area contributed by atoms with Crippen LogP contribution in [-0.2, 0) is 0 Å². The maximum absolute atomic E-state index is 13.8. The van der Waals surface area contributed by atoms with Crippen molar-refractivity contribution in [2.45, 2.75) is 38.7 Å². The summed E-state index contributed by atoms with van der Waals surface area (Å²) in [6.45, 7) is 5.86. The molecule has 1 aliphatic rings. The molecule has 0 spiro atoms. The van der Waals surface area contributed by atoms with Gasteiger partial charge < -0.3 is 10.1 Å². The monoisotopic (exact) mass is 237 g/mol. The smallest absolute Gasteiger partial charge is 0.165 e. The normalized spacial score (nSPS) is 17.4. The van der Waals surface area contributed by atoms with Gasteiger partial charge in [0.25, 0.3) is 0 Å². The first kappa shape index (κ1) is 12.4. The quantitative estimate of drug-likeness (QED) is 0.872. The van der Waals surface area contributed by atoms with Crippen LogP contribution < -0.4 is 10.1 Å². The molecule has 94 valence electrons. The van der Waals surface area contributed by atoms with Crippen LogP contribution in [0.25, 0.3) is 0 Å². The Morgan fingerprint density at radius 1 is 1.29 bits per heavy atom. The first-order valence-corrected chi connectivity index (χ1v) is 6.34. The van der Waals surface area contributed by atoms with Crippen LogP contribution in [0.4, 0.5) is 4.39 Å². The Balaban J connectivity index is 2.27. The Morgan fingerprint density at radius 3 is 2.65 bits per heavy atom. The molecule has 1 aliphatic heterocycles. The highest BCUT2D eigenvalue weighted by Gasteiger charge is 2.21. The van der Waals surface area contributed by atoms with Crippen molar-refractivity contribution in [2.24, 2.45) is 0 Å². The van der Waals surface area contributed by atoms with E-state index in [4.69, 9.17) is 4.74 Å². The number of hydrogen-bond acceptors (Lipinski definition) is 2. The average Bonchev–Trinajstić information content (AvgIpc) is 2.32. The summed E-state index contributed by atoms with van der Waals surface area (Å²) in [6, 6.07) is 5.25. The second-order valence-electron chi connectivity index (χ2n) is 4.85. The van der Waals surface area contributed by atoms with E-state index in [2.05, 4.69) is 5.32 Å². The molecule has 0 bridgehead atoms. The zero-order valence-electron chi connectivity index (χ0n) is 10.5. The molecule has 1 saturated heterocycles. The van der Waals surface area contributed by atoms with Gasteiger partial charge in [0.05, 0.1) is 6.10 Å². The summed E-state index contributed by atoms with van der Waals surface area (Å²) in [5.41, 5.74) is 1.03. The van der Waals surface area contributed by atoms with Gasteiger partial charge >= 0.3 is 0 Å². The molecule has 1 aromatic rings. The van der Waals surface area contributed by atoms with Crippen molar-refractivity contribution in [3.8, 4) is 5.75 Å². The summed E-state index contributed by atoms with van der Waals surface area (Å²) >= 11 is 0. The highest BCUT2D eigenvalue weighted by molar-refractivity contribution is 5.38. The van der Waals surface area contributed by atoms with Gasteiger partial charge in [-0.05, 0) is 51.8 Å². The Hall–Kier alpha value is -1.09. The number of hydrogen-bond donors (Lipinski definition) is 1. The highest BCUT2D eigenvalue weighted by atomic mass is 19.1. The molecule has 0 radical (unpaired) electrons. The first-order valence-electron chi connectivity index (χ1n) is 6.34. The lowest BCUT2D eigenvalue weighted by atomic mass is 9.89. The topological polar surface area (TPSA) is 21.3 Å². The fourth-order valence-corrected chi connectivity index (χ4v) is 2.34. The molecule has 1 N–H and O–H groups in total. The lowest BCUT2D eigenvalue weighted by Crippen LogP contribution is -2.27. The average molecular weight is 237 g/mol. The predicted molar refractivity (Wildman–Crippen MR) is 67.0 cm³/mol. The van der Waals surface area contributed by atoms with Crippen LogP contribution in [0.15, 0.2) is 18.2 Å². The maximum Gasteiger partial charge on any atom is 0.165 e. The summed E-state index contributed by atoms with van der Waals surface area (Å²) in [7, 11) is 0. The van der Waals surface area contributed by atoms with Crippen molar-refractivity contribution in [1.29, 1.82) is 0 Å². The number of piperidine rings is 1. The molecule has 0 amide bonds. The molecule has 1 aromatic carbocycles. The molecule has 0 unspecified atom stereocenters. The fraction of sp³-hybridized carbons (Fsp3) is 0.571. The number of benzene rings is 1. The van der Waals surface area contributed by atoms with Crippen molar-refractivity contribution in [2.75, 3.05) is 13.1 Å². The van der Waals surface area contributed by atoms with Crippen LogP contribution in [0.1, 0.15) is 38.2 Å². The minimum atomic E-state index is -0.241. The Labute approximate surface area is 102 Å². The summed E-state index contributed by atoms with van der Waals surface area (Å²) < 4.78 is 19.5. The van der Waals surface area contributed by atoms with Crippen LogP contribution in [0.5, 0.6) is 5.75 Å². The van der Waals surface area contributed by atoms with Crippen LogP contribution in [0.3, 0.4) is 0 Å². The van der Waals surface area contributed by atoms with Gasteiger partial charge in [-0.3, -0.25) is 0 Å². The van der Waals surface area contributed by atoms with E-state index in [-0.39, 0.29) is 11.9 Å². The number of nitrogens with one attached hydrogen (secondary N) is 1. The van der Waals surface area contributed by atoms with Crippen LogP contribution in [-0.4, -0.2) is 19.2 Å². The molecular weight excluding hydrogens is 217 g/mol. The SMILES string of the molecule is CC(C)Oc1c(F)cccc1C1CCNCC1. The van der Waals surface area contributed by atoms with Gasteiger partial charge in [0.1, 0.15) is 0 Å². The lowest BCUT2D eigenvalue weighted by Gasteiger charge is -2.25. The molecule has 1 heterocycles. The Kier molecular flexibility index (Phi) is 4.00. The van der Waals surface area contributed by atoms with Crippen molar-refractivity contribution >= 4 is 0 Å². The third-order valence-electron chi connectivity index (χ3n) is 3.13.